The number of nitriles is 1. The van der Waals surface area contributed by atoms with Gasteiger partial charge in [0.25, 0.3) is 0 Å². The Kier molecular flexibility index (Phi) is 4.96. The average Bonchev–Trinajstić information content (AvgIpc) is 2.37. The first-order valence-electron chi connectivity index (χ1n) is 5.53. The van der Waals surface area contributed by atoms with Gasteiger partial charge in [-0.15, -0.1) is 0 Å². The Morgan fingerprint density at radius 1 is 1.47 bits per heavy atom. The topological polar surface area (TPSA) is 50.1 Å². The molecule has 17 heavy (non-hydrogen) atoms. The van der Waals surface area contributed by atoms with Gasteiger partial charge in [0.2, 0.25) is 0 Å². The van der Waals surface area contributed by atoms with Gasteiger partial charge in [-0.1, -0.05) is 43.3 Å². The standard InChI is InChI=1S/C14H15NO2/c1-3-17-14(16)13(10-15)9-11(2)12-7-5-4-6-8-12/h4-9,11H,3H2,1-2H3. The lowest BCUT2D eigenvalue weighted by Crippen LogP contribution is -2.07. The van der Waals surface area contributed by atoms with Crippen molar-refractivity contribution < 1.29 is 9.53 Å². The molecule has 1 aromatic carbocycles. The molecule has 0 aliphatic heterocycles. The van der Waals surface area contributed by atoms with Crippen LogP contribution in [0.25, 0.3) is 0 Å². The zero-order valence-corrected chi connectivity index (χ0v) is 10.0. The molecule has 1 unspecified atom stereocenters. The molecule has 1 rings (SSSR count). The number of allylic oxidation sites excluding steroid dienone is 1. The van der Waals surface area contributed by atoms with Gasteiger partial charge in [-0.05, 0) is 12.5 Å². The molecule has 0 fully saturated rings. The molecular formula is C14H15NO2. The number of nitrogens with zero attached hydrogens (tertiary/aromatic N) is 1. The van der Waals surface area contributed by atoms with Crippen LogP contribution in [0.15, 0.2) is 42.0 Å². The zero-order valence-electron chi connectivity index (χ0n) is 10.0. The quantitative estimate of drug-likeness (QED) is 0.453. The largest absolute Gasteiger partial charge is 0.462 e. The predicted molar refractivity (Wildman–Crippen MR) is 65.2 cm³/mol. The van der Waals surface area contributed by atoms with Crippen molar-refractivity contribution in [2.24, 2.45) is 0 Å². The highest BCUT2D eigenvalue weighted by Crippen LogP contribution is 2.18. The molecule has 1 aromatic rings. The number of rotatable bonds is 4. The molecule has 88 valence electrons. The molecule has 0 aliphatic rings. The molecule has 0 saturated carbocycles. The van der Waals surface area contributed by atoms with Crippen LogP contribution in [0.1, 0.15) is 25.3 Å². The van der Waals surface area contributed by atoms with Crippen molar-refractivity contribution in [3.63, 3.8) is 0 Å². The summed E-state index contributed by atoms with van der Waals surface area (Å²) in [6.07, 6.45) is 1.63. The van der Waals surface area contributed by atoms with Gasteiger partial charge < -0.3 is 4.74 Å². The van der Waals surface area contributed by atoms with Crippen LogP contribution < -0.4 is 0 Å². The summed E-state index contributed by atoms with van der Waals surface area (Å²) in [7, 11) is 0. The maximum absolute atomic E-state index is 11.4. The van der Waals surface area contributed by atoms with Gasteiger partial charge in [0.05, 0.1) is 6.61 Å². The summed E-state index contributed by atoms with van der Waals surface area (Å²) in [6, 6.07) is 11.6. The zero-order chi connectivity index (χ0) is 12.7. The number of carbonyl (C=O) groups is 1. The third kappa shape index (κ3) is 3.76. The van der Waals surface area contributed by atoms with Crippen LogP contribution in [0, 0.1) is 11.3 Å². The van der Waals surface area contributed by atoms with Gasteiger partial charge in [-0.25, -0.2) is 4.79 Å². The van der Waals surface area contributed by atoms with E-state index in [0.717, 1.165) is 5.56 Å². The van der Waals surface area contributed by atoms with Crippen molar-refractivity contribution in [3.05, 3.63) is 47.5 Å². The van der Waals surface area contributed by atoms with Gasteiger partial charge in [-0.3, -0.25) is 0 Å². The fourth-order valence-corrected chi connectivity index (χ4v) is 1.46. The SMILES string of the molecule is CCOC(=O)C(C#N)=CC(C)c1ccccc1. The maximum Gasteiger partial charge on any atom is 0.348 e. The van der Waals surface area contributed by atoms with E-state index in [1.165, 1.54) is 0 Å². The molecule has 0 aliphatic carbocycles. The first-order valence-corrected chi connectivity index (χ1v) is 5.53. The second kappa shape index (κ2) is 6.49. The second-order valence-electron chi connectivity index (χ2n) is 3.61. The lowest BCUT2D eigenvalue weighted by molar-refractivity contribution is -0.138. The highest BCUT2D eigenvalue weighted by molar-refractivity contribution is 5.92. The van der Waals surface area contributed by atoms with E-state index in [9.17, 15) is 4.79 Å². The monoisotopic (exact) mass is 229 g/mol. The van der Waals surface area contributed by atoms with Gasteiger partial charge in [0, 0.05) is 5.92 Å². The Balaban J connectivity index is 2.86. The fraction of sp³-hybridized carbons (Fsp3) is 0.286. The van der Waals surface area contributed by atoms with Crippen molar-refractivity contribution >= 4 is 5.97 Å². The van der Waals surface area contributed by atoms with Gasteiger partial charge in [0.1, 0.15) is 11.6 Å². The lowest BCUT2D eigenvalue weighted by atomic mass is 9.99. The lowest BCUT2D eigenvalue weighted by Gasteiger charge is -2.07. The van der Waals surface area contributed by atoms with E-state index in [-0.39, 0.29) is 18.1 Å². The minimum atomic E-state index is -0.558. The van der Waals surface area contributed by atoms with E-state index in [0.29, 0.717) is 0 Å². The van der Waals surface area contributed by atoms with E-state index < -0.39 is 5.97 Å². The van der Waals surface area contributed by atoms with E-state index in [1.54, 1.807) is 13.0 Å². The molecular weight excluding hydrogens is 214 g/mol. The van der Waals surface area contributed by atoms with Crippen LogP contribution in [0.3, 0.4) is 0 Å². The van der Waals surface area contributed by atoms with E-state index in [4.69, 9.17) is 10.00 Å². The molecule has 0 amide bonds. The third-order valence-corrected chi connectivity index (χ3v) is 2.36. The van der Waals surface area contributed by atoms with Gasteiger partial charge >= 0.3 is 5.97 Å². The molecule has 0 heterocycles. The minimum Gasteiger partial charge on any atom is -0.462 e. The highest BCUT2D eigenvalue weighted by atomic mass is 16.5. The summed E-state index contributed by atoms with van der Waals surface area (Å²) in [4.78, 5) is 11.4. The maximum atomic E-state index is 11.4. The summed E-state index contributed by atoms with van der Waals surface area (Å²) < 4.78 is 4.80. The Morgan fingerprint density at radius 2 is 2.12 bits per heavy atom. The predicted octanol–water partition coefficient (Wildman–Crippen LogP) is 2.80. The molecule has 0 bridgehead atoms. The Labute approximate surface area is 101 Å². The number of hydrogen-bond acceptors (Lipinski definition) is 3. The van der Waals surface area contributed by atoms with Crippen LogP contribution in [0.2, 0.25) is 0 Å². The molecule has 0 saturated heterocycles. The van der Waals surface area contributed by atoms with Crippen molar-refractivity contribution in [1.82, 2.24) is 0 Å². The van der Waals surface area contributed by atoms with Gasteiger partial charge in [0.15, 0.2) is 0 Å². The van der Waals surface area contributed by atoms with Crippen LogP contribution in [-0.2, 0) is 9.53 Å². The minimum absolute atomic E-state index is 0.00950. The Hall–Kier alpha value is -2.08. The van der Waals surface area contributed by atoms with Crippen LogP contribution in [-0.4, -0.2) is 12.6 Å². The normalized spacial score (nSPS) is 12.6. The first kappa shape index (κ1) is 13.0. The number of carbonyl (C=O) groups excluding carboxylic acids is 1. The Morgan fingerprint density at radius 3 is 2.65 bits per heavy atom. The van der Waals surface area contributed by atoms with E-state index in [2.05, 4.69) is 0 Å². The molecule has 0 aromatic heterocycles. The van der Waals surface area contributed by atoms with Crippen LogP contribution >= 0.6 is 0 Å². The Bertz CT molecular complexity index is 443. The summed E-state index contributed by atoms with van der Waals surface area (Å²) in [5.74, 6) is -0.548. The number of hydrogen-bond donors (Lipinski definition) is 0. The number of ether oxygens (including phenoxy) is 1. The summed E-state index contributed by atoms with van der Waals surface area (Å²) in [5, 5.41) is 8.90. The van der Waals surface area contributed by atoms with Crippen molar-refractivity contribution in [2.75, 3.05) is 6.61 Å². The van der Waals surface area contributed by atoms with Crippen molar-refractivity contribution in [3.8, 4) is 6.07 Å². The van der Waals surface area contributed by atoms with Crippen LogP contribution in [0.5, 0.6) is 0 Å². The van der Waals surface area contributed by atoms with E-state index in [1.807, 2.05) is 43.3 Å². The number of esters is 1. The fourth-order valence-electron chi connectivity index (χ4n) is 1.46. The summed E-state index contributed by atoms with van der Waals surface area (Å²) >= 11 is 0. The van der Waals surface area contributed by atoms with Crippen molar-refractivity contribution in [2.45, 2.75) is 19.8 Å². The summed E-state index contributed by atoms with van der Waals surface area (Å²) in [5.41, 5.74) is 1.12. The smallest absolute Gasteiger partial charge is 0.348 e. The molecule has 3 heteroatoms. The molecule has 1 atom stereocenters. The van der Waals surface area contributed by atoms with Crippen LogP contribution in [0.4, 0.5) is 0 Å². The second-order valence-corrected chi connectivity index (χ2v) is 3.61. The molecule has 0 radical (unpaired) electrons. The highest BCUT2D eigenvalue weighted by Gasteiger charge is 2.12. The average molecular weight is 229 g/mol. The first-order chi connectivity index (χ1) is 8.19. The summed E-state index contributed by atoms with van der Waals surface area (Å²) in [6.45, 7) is 3.93. The third-order valence-electron chi connectivity index (χ3n) is 2.36. The van der Waals surface area contributed by atoms with Crippen molar-refractivity contribution in [1.29, 1.82) is 5.26 Å². The molecule has 0 N–H and O–H groups in total. The van der Waals surface area contributed by atoms with Gasteiger partial charge in [-0.2, -0.15) is 5.26 Å². The number of benzene rings is 1. The molecule has 3 nitrogen and oxygen atoms in total. The van der Waals surface area contributed by atoms with E-state index >= 15 is 0 Å². The molecule has 0 spiro atoms.